The highest BCUT2D eigenvalue weighted by atomic mass is 16.5. The molecule has 1 N–H and O–H groups in total. The van der Waals surface area contributed by atoms with Gasteiger partial charge in [0.25, 0.3) is 0 Å². The summed E-state index contributed by atoms with van der Waals surface area (Å²) in [6, 6.07) is 3.44. The van der Waals surface area contributed by atoms with Gasteiger partial charge in [-0.25, -0.2) is 14.3 Å². The molecular formula is C11H13N3O3. The number of hydrogen-bond acceptors (Lipinski definition) is 4. The van der Waals surface area contributed by atoms with Crippen LogP contribution in [0.15, 0.2) is 12.1 Å². The smallest absolute Gasteiger partial charge is 0.354 e. The molecule has 0 radical (unpaired) electrons. The van der Waals surface area contributed by atoms with E-state index in [0.29, 0.717) is 11.5 Å². The van der Waals surface area contributed by atoms with Crippen molar-refractivity contribution in [2.24, 2.45) is 0 Å². The number of hydrogen-bond donors (Lipinski definition) is 1. The van der Waals surface area contributed by atoms with E-state index >= 15 is 0 Å². The van der Waals surface area contributed by atoms with Crippen LogP contribution in [0.5, 0.6) is 0 Å². The Morgan fingerprint density at radius 3 is 2.88 bits per heavy atom. The van der Waals surface area contributed by atoms with Crippen LogP contribution in [0.2, 0.25) is 0 Å². The molecule has 0 unspecified atom stereocenters. The highest BCUT2D eigenvalue weighted by Crippen LogP contribution is 2.12. The fourth-order valence-corrected chi connectivity index (χ4v) is 1.63. The average Bonchev–Trinajstić information content (AvgIpc) is 2.69. The van der Waals surface area contributed by atoms with Gasteiger partial charge in [-0.3, -0.25) is 0 Å². The molecule has 0 bridgehead atoms. The zero-order valence-electron chi connectivity index (χ0n) is 9.67. The van der Waals surface area contributed by atoms with E-state index in [1.54, 1.807) is 13.2 Å². The maximum Gasteiger partial charge on any atom is 0.354 e. The molecule has 0 fully saturated rings. The number of fused-ring (bicyclic) bond motifs is 1. The van der Waals surface area contributed by atoms with Crippen molar-refractivity contribution in [1.82, 2.24) is 14.6 Å². The topological polar surface area (TPSA) is 76.7 Å². The van der Waals surface area contributed by atoms with Gasteiger partial charge in [-0.15, -0.1) is 5.10 Å². The molecule has 0 amide bonds. The first-order chi connectivity index (χ1) is 8.15. The summed E-state index contributed by atoms with van der Waals surface area (Å²) >= 11 is 0. The predicted molar refractivity (Wildman–Crippen MR) is 60.0 cm³/mol. The molecule has 2 rings (SSSR count). The molecule has 2 aromatic heterocycles. The number of aromatic nitrogens is 3. The molecule has 0 atom stereocenters. The van der Waals surface area contributed by atoms with Crippen LogP contribution in [0.3, 0.4) is 0 Å². The third-order valence-electron chi connectivity index (χ3n) is 2.44. The minimum atomic E-state index is -1.01. The first-order valence-electron chi connectivity index (χ1n) is 5.26. The van der Waals surface area contributed by atoms with Crippen LogP contribution >= 0.6 is 0 Å². The molecule has 17 heavy (non-hydrogen) atoms. The van der Waals surface area contributed by atoms with Gasteiger partial charge >= 0.3 is 5.97 Å². The molecule has 2 heterocycles. The van der Waals surface area contributed by atoms with Crippen LogP contribution in [-0.4, -0.2) is 32.8 Å². The Labute approximate surface area is 97.9 Å². The fourth-order valence-electron chi connectivity index (χ4n) is 1.63. The Morgan fingerprint density at radius 1 is 1.53 bits per heavy atom. The SMILES string of the molecule is CCc1cc(C(=O)O)n2nc(COC)nc2c1. The van der Waals surface area contributed by atoms with Crippen LogP contribution in [0.4, 0.5) is 0 Å². The minimum absolute atomic E-state index is 0.120. The van der Waals surface area contributed by atoms with Crippen LogP contribution in [0, 0.1) is 0 Å². The Bertz CT molecular complexity index is 562. The quantitative estimate of drug-likeness (QED) is 0.859. The Morgan fingerprint density at radius 2 is 2.29 bits per heavy atom. The van der Waals surface area contributed by atoms with Gasteiger partial charge in [-0.05, 0) is 24.1 Å². The van der Waals surface area contributed by atoms with Crippen molar-refractivity contribution in [2.75, 3.05) is 7.11 Å². The van der Waals surface area contributed by atoms with E-state index in [9.17, 15) is 4.79 Å². The summed E-state index contributed by atoms with van der Waals surface area (Å²) in [7, 11) is 1.54. The second-order valence-electron chi connectivity index (χ2n) is 3.64. The summed E-state index contributed by atoms with van der Waals surface area (Å²) < 4.78 is 6.26. The maximum atomic E-state index is 11.1. The summed E-state index contributed by atoms with van der Waals surface area (Å²) in [5.41, 5.74) is 1.58. The van der Waals surface area contributed by atoms with Crippen molar-refractivity contribution < 1.29 is 14.6 Å². The number of aryl methyl sites for hydroxylation is 1. The van der Waals surface area contributed by atoms with E-state index in [-0.39, 0.29) is 12.3 Å². The first-order valence-corrected chi connectivity index (χ1v) is 5.26. The molecule has 0 saturated heterocycles. The van der Waals surface area contributed by atoms with Gasteiger partial charge in [0.15, 0.2) is 17.2 Å². The van der Waals surface area contributed by atoms with E-state index in [1.807, 2.05) is 13.0 Å². The lowest BCUT2D eigenvalue weighted by Gasteiger charge is -2.01. The van der Waals surface area contributed by atoms with Crippen molar-refractivity contribution in [3.05, 3.63) is 29.2 Å². The Hall–Kier alpha value is -1.95. The lowest BCUT2D eigenvalue weighted by molar-refractivity contribution is 0.0687. The number of carboxylic acids is 1. The predicted octanol–water partition coefficient (Wildman–Crippen LogP) is 1.14. The average molecular weight is 235 g/mol. The number of ether oxygens (including phenoxy) is 1. The van der Waals surface area contributed by atoms with Crippen LogP contribution < -0.4 is 0 Å². The molecule has 6 heteroatoms. The normalized spacial score (nSPS) is 10.9. The number of carboxylic acid groups (broad SMARTS) is 1. The van der Waals surface area contributed by atoms with Gasteiger partial charge in [0.2, 0.25) is 0 Å². The minimum Gasteiger partial charge on any atom is -0.477 e. The Kier molecular flexibility index (Phi) is 3.06. The van der Waals surface area contributed by atoms with Gasteiger partial charge in [-0.1, -0.05) is 6.92 Å². The van der Waals surface area contributed by atoms with Crippen molar-refractivity contribution in [3.63, 3.8) is 0 Å². The van der Waals surface area contributed by atoms with Gasteiger partial charge in [0, 0.05) is 7.11 Å². The largest absolute Gasteiger partial charge is 0.477 e. The molecular weight excluding hydrogens is 222 g/mol. The van der Waals surface area contributed by atoms with E-state index in [0.717, 1.165) is 12.0 Å². The number of aromatic carboxylic acids is 1. The Balaban J connectivity index is 2.64. The number of methoxy groups -OCH3 is 1. The zero-order chi connectivity index (χ0) is 12.4. The third kappa shape index (κ3) is 2.12. The van der Waals surface area contributed by atoms with Crippen LogP contribution in [0.1, 0.15) is 28.8 Å². The fraction of sp³-hybridized carbons (Fsp3) is 0.364. The molecule has 0 spiro atoms. The van der Waals surface area contributed by atoms with Crippen LogP contribution in [-0.2, 0) is 17.8 Å². The second kappa shape index (κ2) is 4.50. The maximum absolute atomic E-state index is 11.1. The van der Waals surface area contributed by atoms with Crippen molar-refractivity contribution >= 4 is 11.6 Å². The van der Waals surface area contributed by atoms with Gasteiger partial charge in [0.1, 0.15) is 6.61 Å². The molecule has 0 aliphatic heterocycles. The number of pyridine rings is 1. The molecule has 0 aliphatic carbocycles. The summed E-state index contributed by atoms with van der Waals surface area (Å²) in [4.78, 5) is 15.3. The highest BCUT2D eigenvalue weighted by Gasteiger charge is 2.13. The molecule has 0 aliphatic rings. The van der Waals surface area contributed by atoms with E-state index in [2.05, 4.69) is 10.1 Å². The molecule has 2 aromatic rings. The van der Waals surface area contributed by atoms with Crippen molar-refractivity contribution in [3.8, 4) is 0 Å². The first kappa shape index (κ1) is 11.5. The second-order valence-corrected chi connectivity index (χ2v) is 3.64. The molecule has 0 saturated carbocycles. The summed E-state index contributed by atoms with van der Waals surface area (Å²) in [6.07, 6.45) is 0.753. The molecule has 6 nitrogen and oxygen atoms in total. The monoisotopic (exact) mass is 235 g/mol. The van der Waals surface area contributed by atoms with Crippen molar-refractivity contribution in [1.29, 1.82) is 0 Å². The number of nitrogens with zero attached hydrogens (tertiary/aromatic N) is 3. The highest BCUT2D eigenvalue weighted by molar-refractivity contribution is 5.86. The standard InChI is InChI=1S/C11H13N3O3/c1-3-7-4-8(11(15)16)14-10(5-7)12-9(13-14)6-17-2/h4-5H,3,6H2,1-2H3,(H,15,16). The summed E-state index contributed by atoms with van der Waals surface area (Å²) in [6.45, 7) is 2.23. The molecule has 0 aromatic carbocycles. The zero-order valence-corrected chi connectivity index (χ0v) is 9.67. The summed E-state index contributed by atoms with van der Waals surface area (Å²) in [5.74, 6) is -0.539. The van der Waals surface area contributed by atoms with Crippen molar-refractivity contribution in [2.45, 2.75) is 20.0 Å². The van der Waals surface area contributed by atoms with E-state index < -0.39 is 5.97 Å². The number of rotatable bonds is 4. The van der Waals surface area contributed by atoms with Crippen LogP contribution in [0.25, 0.3) is 5.65 Å². The third-order valence-corrected chi connectivity index (χ3v) is 2.44. The van der Waals surface area contributed by atoms with Gasteiger partial charge in [-0.2, -0.15) is 0 Å². The lowest BCUT2D eigenvalue weighted by Crippen LogP contribution is -2.07. The molecule has 90 valence electrons. The summed E-state index contributed by atoms with van der Waals surface area (Å²) in [5, 5.41) is 13.2. The van der Waals surface area contributed by atoms with E-state index in [1.165, 1.54) is 4.52 Å². The van der Waals surface area contributed by atoms with Gasteiger partial charge in [0.05, 0.1) is 0 Å². The van der Waals surface area contributed by atoms with Gasteiger partial charge < -0.3 is 9.84 Å². The van der Waals surface area contributed by atoms with E-state index in [4.69, 9.17) is 9.84 Å². The lowest BCUT2D eigenvalue weighted by atomic mass is 10.2. The number of carbonyl (C=O) groups is 1.